The number of imidazole rings is 1. The molecule has 0 spiro atoms. The van der Waals surface area contributed by atoms with Gasteiger partial charge in [0.1, 0.15) is 6.04 Å². The van der Waals surface area contributed by atoms with Crippen LogP contribution in [0.5, 0.6) is 0 Å². The van der Waals surface area contributed by atoms with Crippen LogP contribution >= 0.6 is 0 Å². The monoisotopic (exact) mass is 377 g/mol. The molecule has 0 aromatic carbocycles. The Morgan fingerprint density at radius 2 is 2.23 bits per heavy atom. The molecule has 1 unspecified atom stereocenters. The average molecular weight is 377 g/mol. The van der Waals surface area contributed by atoms with Crippen molar-refractivity contribution in [1.82, 2.24) is 24.8 Å². The smallest absolute Gasteiger partial charge is 0.244 e. The van der Waals surface area contributed by atoms with Crippen LogP contribution < -0.4 is 5.32 Å². The Bertz CT molecular complexity index is 850. The molecule has 1 aliphatic rings. The number of pyridine rings is 1. The van der Waals surface area contributed by atoms with E-state index in [1.165, 1.54) is 0 Å². The minimum absolute atomic E-state index is 0.0971. The highest BCUT2D eigenvalue weighted by atomic mass is 32.2. The number of sulfone groups is 1. The molecule has 1 atom stereocenters. The maximum atomic E-state index is 12.7. The van der Waals surface area contributed by atoms with E-state index in [0.717, 1.165) is 11.4 Å². The molecule has 2 aromatic rings. The van der Waals surface area contributed by atoms with Crippen LogP contribution in [-0.2, 0) is 27.7 Å². The van der Waals surface area contributed by atoms with E-state index in [9.17, 15) is 13.2 Å². The van der Waals surface area contributed by atoms with Gasteiger partial charge in [-0.3, -0.25) is 14.7 Å². The van der Waals surface area contributed by atoms with Gasteiger partial charge in [0.25, 0.3) is 0 Å². The van der Waals surface area contributed by atoms with Crippen molar-refractivity contribution in [3.8, 4) is 0 Å². The number of aromatic nitrogens is 3. The Morgan fingerprint density at radius 1 is 1.38 bits per heavy atom. The van der Waals surface area contributed by atoms with Crippen molar-refractivity contribution in [2.45, 2.75) is 26.1 Å². The molecule has 0 fully saturated rings. The zero-order valence-corrected chi connectivity index (χ0v) is 15.5. The first kappa shape index (κ1) is 18.5. The zero-order valence-electron chi connectivity index (χ0n) is 14.7. The van der Waals surface area contributed by atoms with Crippen molar-refractivity contribution in [2.75, 3.05) is 24.6 Å². The Balaban J connectivity index is 1.66. The first-order chi connectivity index (χ1) is 12.5. The van der Waals surface area contributed by atoms with E-state index in [1.54, 1.807) is 25.6 Å². The molecule has 8 nitrogen and oxygen atoms in total. The Morgan fingerprint density at radius 3 is 2.96 bits per heavy atom. The summed E-state index contributed by atoms with van der Waals surface area (Å²) in [5.74, 6) is 0.102. The molecule has 0 saturated heterocycles. The molecular weight excluding hydrogens is 354 g/mol. The minimum Gasteiger partial charge on any atom is -0.349 e. The summed E-state index contributed by atoms with van der Waals surface area (Å²) >= 11 is 0. The molecule has 2 aromatic heterocycles. The third-order valence-corrected chi connectivity index (χ3v) is 6.21. The number of amides is 1. The summed E-state index contributed by atoms with van der Waals surface area (Å²) in [6.07, 6.45) is 5.06. The van der Waals surface area contributed by atoms with E-state index in [2.05, 4.69) is 15.3 Å². The minimum atomic E-state index is -3.04. The molecule has 9 heteroatoms. The summed E-state index contributed by atoms with van der Waals surface area (Å²) in [6.45, 7) is 3.45. The lowest BCUT2D eigenvalue weighted by Gasteiger charge is -2.33. The third kappa shape index (κ3) is 4.47. The van der Waals surface area contributed by atoms with Gasteiger partial charge in [-0.15, -0.1) is 0 Å². The maximum Gasteiger partial charge on any atom is 0.244 e. The second-order valence-corrected chi connectivity index (χ2v) is 8.79. The number of hydrogen-bond donors (Lipinski definition) is 1. The Hall–Kier alpha value is -2.26. The SMILES string of the molecule is CCS(=O)(=O)CCN1Cc2cncn2C(C(=O)NCc2ccccn2)C1. The van der Waals surface area contributed by atoms with Gasteiger partial charge < -0.3 is 9.88 Å². The molecule has 1 amide bonds. The lowest BCUT2D eigenvalue weighted by Crippen LogP contribution is -2.45. The van der Waals surface area contributed by atoms with E-state index in [0.29, 0.717) is 26.2 Å². The van der Waals surface area contributed by atoms with Crippen molar-refractivity contribution in [3.63, 3.8) is 0 Å². The summed E-state index contributed by atoms with van der Waals surface area (Å²) in [5, 5.41) is 2.91. The number of nitrogens with one attached hydrogen (secondary N) is 1. The first-order valence-electron chi connectivity index (χ1n) is 8.59. The first-order valence-corrected chi connectivity index (χ1v) is 10.4. The molecule has 3 heterocycles. The highest BCUT2D eigenvalue weighted by molar-refractivity contribution is 7.91. The maximum absolute atomic E-state index is 12.7. The number of nitrogens with zero attached hydrogens (tertiary/aromatic N) is 4. The van der Waals surface area contributed by atoms with E-state index >= 15 is 0 Å². The molecule has 0 radical (unpaired) electrons. The van der Waals surface area contributed by atoms with Crippen LogP contribution in [0.2, 0.25) is 0 Å². The molecule has 1 N–H and O–H groups in total. The fraction of sp³-hybridized carbons (Fsp3) is 0.471. The van der Waals surface area contributed by atoms with Gasteiger partial charge in [-0.05, 0) is 12.1 Å². The fourth-order valence-electron chi connectivity index (χ4n) is 2.95. The zero-order chi connectivity index (χ0) is 18.6. The highest BCUT2D eigenvalue weighted by Crippen LogP contribution is 2.21. The van der Waals surface area contributed by atoms with Crippen LogP contribution in [0.4, 0.5) is 0 Å². The lowest BCUT2D eigenvalue weighted by molar-refractivity contribution is -0.125. The van der Waals surface area contributed by atoms with Crippen LogP contribution in [0.25, 0.3) is 0 Å². The molecular formula is C17H23N5O3S. The number of fused-ring (bicyclic) bond motifs is 1. The van der Waals surface area contributed by atoms with Crippen LogP contribution in [-0.4, -0.2) is 58.4 Å². The quantitative estimate of drug-likeness (QED) is 0.750. The van der Waals surface area contributed by atoms with E-state index in [4.69, 9.17) is 0 Å². The van der Waals surface area contributed by atoms with Gasteiger partial charge in [0.15, 0.2) is 9.84 Å². The van der Waals surface area contributed by atoms with Gasteiger partial charge >= 0.3 is 0 Å². The molecule has 0 aliphatic carbocycles. The summed E-state index contributed by atoms with van der Waals surface area (Å²) in [5.41, 5.74) is 1.69. The number of carbonyl (C=O) groups excluding carboxylic acids is 1. The van der Waals surface area contributed by atoms with Crippen molar-refractivity contribution >= 4 is 15.7 Å². The average Bonchev–Trinajstić information content (AvgIpc) is 3.13. The van der Waals surface area contributed by atoms with Crippen molar-refractivity contribution < 1.29 is 13.2 Å². The van der Waals surface area contributed by atoms with Gasteiger partial charge in [0.05, 0.1) is 30.0 Å². The fourth-order valence-corrected chi connectivity index (χ4v) is 3.78. The standard InChI is InChI=1S/C17H23N5O3S/c1-2-26(24,25)8-7-21-11-15-10-18-13-22(15)16(12-21)17(23)20-9-14-5-3-4-6-19-14/h3-6,10,13,16H,2,7-9,11-12H2,1H3,(H,20,23). The molecule has 140 valence electrons. The predicted molar refractivity (Wildman–Crippen MR) is 97.0 cm³/mol. The Labute approximate surface area is 153 Å². The summed E-state index contributed by atoms with van der Waals surface area (Å²) in [7, 11) is -3.04. The second kappa shape index (κ2) is 7.96. The van der Waals surface area contributed by atoms with Crippen LogP contribution in [0.1, 0.15) is 24.4 Å². The predicted octanol–water partition coefficient (Wildman–Crippen LogP) is 0.386. The summed E-state index contributed by atoms with van der Waals surface area (Å²) < 4.78 is 25.4. The van der Waals surface area contributed by atoms with Gasteiger partial charge in [0.2, 0.25) is 5.91 Å². The van der Waals surface area contributed by atoms with E-state index in [-0.39, 0.29) is 17.4 Å². The van der Waals surface area contributed by atoms with Crippen LogP contribution in [0.15, 0.2) is 36.9 Å². The largest absolute Gasteiger partial charge is 0.349 e. The van der Waals surface area contributed by atoms with Gasteiger partial charge in [-0.25, -0.2) is 13.4 Å². The molecule has 0 saturated carbocycles. The molecule has 3 rings (SSSR count). The van der Waals surface area contributed by atoms with Crippen LogP contribution in [0, 0.1) is 0 Å². The Kier molecular flexibility index (Phi) is 5.67. The molecule has 0 bridgehead atoms. The van der Waals surface area contributed by atoms with Gasteiger partial charge in [-0.1, -0.05) is 13.0 Å². The van der Waals surface area contributed by atoms with Gasteiger partial charge in [-0.2, -0.15) is 0 Å². The molecule has 26 heavy (non-hydrogen) atoms. The van der Waals surface area contributed by atoms with E-state index < -0.39 is 15.9 Å². The van der Waals surface area contributed by atoms with Crippen molar-refractivity contribution in [3.05, 3.63) is 48.3 Å². The topological polar surface area (TPSA) is 97.2 Å². The third-order valence-electron chi connectivity index (χ3n) is 4.53. The number of rotatable bonds is 7. The number of carbonyl (C=O) groups is 1. The van der Waals surface area contributed by atoms with Gasteiger partial charge in [0, 0.05) is 37.8 Å². The normalized spacial score (nSPS) is 17.7. The second-order valence-electron chi connectivity index (χ2n) is 6.32. The highest BCUT2D eigenvalue weighted by Gasteiger charge is 2.30. The molecule has 1 aliphatic heterocycles. The van der Waals surface area contributed by atoms with Crippen molar-refractivity contribution in [1.29, 1.82) is 0 Å². The number of hydrogen-bond acceptors (Lipinski definition) is 6. The van der Waals surface area contributed by atoms with Crippen molar-refractivity contribution in [2.24, 2.45) is 0 Å². The summed E-state index contributed by atoms with van der Waals surface area (Å²) in [4.78, 5) is 23.0. The summed E-state index contributed by atoms with van der Waals surface area (Å²) in [6, 6.07) is 5.12. The van der Waals surface area contributed by atoms with Crippen LogP contribution in [0.3, 0.4) is 0 Å². The van der Waals surface area contributed by atoms with E-state index in [1.807, 2.05) is 27.7 Å². The lowest BCUT2D eigenvalue weighted by atomic mass is 10.1.